The van der Waals surface area contributed by atoms with Gasteiger partial charge in [-0.05, 0) is 6.42 Å². The fraction of sp³-hybridized carbons (Fsp3) is 0.769. The lowest BCUT2D eigenvalue weighted by molar-refractivity contribution is 0.199. The minimum Gasteiger partial charge on any atom is -0.383 e. The van der Waals surface area contributed by atoms with E-state index in [1.54, 1.807) is 18.4 Å². The van der Waals surface area contributed by atoms with Crippen LogP contribution in [0.4, 0.5) is 5.13 Å². The Balaban J connectivity index is 1.82. The van der Waals surface area contributed by atoms with Gasteiger partial charge in [0.15, 0.2) is 5.13 Å². The molecule has 1 N–H and O–H groups in total. The normalized spacial score (nSPS) is 19.9. The topological polar surface area (TPSA) is 37.4 Å². The van der Waals surface area contributed by atoms with E-state index in [0.717, 1.165) is 43.7 Å². The third kappa shape index (κ3) is 4.63. The molecule has 2 heterocycles. The summed E-state index contributed by atoms with van der Waals surface area (Å²) < 4.78 is 5.01. The second kappa shape index (κ2) is 8.09. The minimum atomic E-state index is 0.749. The molecule has 0 aliphatic carbocycles. The zero-order valence-corrected chi connectivity index (χ0v) is 13.4. The molecule has 108 valence electrons. The summed E-state index contributed by atoms with van der Waals surface area (Å²) in [6.07, 6.45) is 1.25. The van der Waals surface area contributed by atoms with Crippen molar-refractivity contribution in [1.29, 1.82) is 0 Å². The van der Waals surface area contributed by atoms with Crippen LogP contribution >= 0.6 is 23.1 Å². The monoisotopic (exact) mass is 301 g/mol. The summed E-state index contributed by atoms with van der Waals surface area (Å²) in [5, 5.41) is 7.45. The summed E-state index contributed by atoms with van der Waals surface area (Å²) in [6, 6.07) is 0. The summed E-state index contributed by atoms with van der Waals surface area (Å²) in [7, 11) is 1.72. The van der Waals surface area contributed by atoms with E-state index in [4.69, 9.17) is 9.72 Å². The number of thioether (sulfide) groups is 1. The first kappa shape index (κ1) is 15.1. The Hall–Kier alpha value is -0.300. The number of hydrogen-bond donors (Lipinski definition) is 1. The predicted octanol–water partition coefficient (Wildman–Crippen LogP) is 2.21. The largest absolute Gasteiger partial charge is 0.383 e. The van der Waals surface area contributed by atoms with Gasteiger partial charge in [0.2, 0.25) is 0 Å². The molecule has 0 amide bonds. The maximum absolute atomic E-state index is 5.01. The Kier molecular flexibility index (Phi) is 6.43. The molecule has 19 heavy (non-hydrogen) atoms. The Bertz CT molecular complexity index is 373. The minimum absolute atomic E-state index is 0.749. The van der Waals surface area contributed by atoms with E-state index >= 15 is 0 Å². The van der Waals surface area contributed by atoms with Crippen molar-refractivity contribution >= 4 is 28.2 Å². The van der Waals surface area contributed by atoms with Crippen molar-refractivity contribution in [3.05, 3.63) is 11.1 Å². The Labute approximate surface area is 123 Å². The van der Waals surface area contributed by atoms with Crippen LogP contribution < -0.4 is 10.2 Å². The van der Waals surface area contributed by atoms with Crippen LogP contribution in [0.25, 0.3) is 0 Å². The van der Waals surface area contributed by atoms with E-state index in [2.05, 4.69) is 34.3 Å². The van der Waals surface area contributed by atoms with Gasteiger partial charge in [0.1, 0.15) is 0 Å². The Morgan fingerprint density at radius 1 is 1.58 bits per heavy atom. The van der Waals surface area contributed by atoms with E-state index in [0.29, 0.717) is 0 Å². The van der Waals surface area contributed by atoms with E-state index in [1.165, 1.54) is 17.3 Å². The van der Waals surface area contributed by atoms with E-state index in [9.17, 15) is 0 Å². The average molecular weight is 301 g/mol. The fourth-order valence-corrected chi connectivity index (χ4v) is 4.10. The molecule has 0 saturated carbocycles. The van der Waals surface area contributed by atoms with Gasteiger partial charge in [-0.2, -0.15) is 11.8 Å². The molecule has 6 heteroatoms. The van der Waals surface area contributed by atoms with Crippen LogP contribution in [0.2, 0.25) is 0 Å². The molecule has 0 bridgehead atoms. The van der Waals surface area contributed by atoms with Gasteiger partial charge in [-0.1, -0.05) is 6.92 Å². The van der Waals surface area contributed by atoms with Gasteiger partial charge in [-0.25, -0.2) is 4.98 Å². The van der Waals surface area contributed by atoms with Gasteiger partial charge < -0.3 is 15.0 Å². The second-order valence-corrected chi connectivity index (χ2v) is 6.88. The lowest BCUT2D eigenvalue weighted by Crippen LogP contribution is -2.37. The van der Waals surface area contributed by atoms with Crippen molar-refractivity contribution in [2.24, 2.45) is 0 Å². The van der Waals surface area contributed by atoms with Gasteiger partial charge in [0.25, 0.3) is 0 Å². The SMILES string of the molecule is CCC1CN(c2nc(CNCCOC)cs2)CCS1. The van der Waals surface area contributed by atoms with Crippen molar-refractivity contribution in [3.8, 4) is 0 Å². The first-order valence-corrected chi connectivity index (χ1v) is 8.77. The third-order valence-electron chi connectivity index (χ3n) is 3.19. The number of rotatable bonds is 7. The van der Waals surface area contributed by atoms with Crippen molar-refractivity contribution in [3.63, 3.8) is 0 Å². The maximum Gasteiger partial charge on any atom is 0.185 e. The highest BCUT2D eigenvalue weighted by molar-refractivity contribution is 8.00. The third-order valence-corrected chi connectivity index (χ3v) is 5.52. The summed E-state index contributed by atoms with van der Waals surface area (Å²) in [6.45, 7) is 7.00. The van der Waals surface area contributed by atoms with Crippen LogP contribution in [-0.4, -0.2) is 49.3 Å². The number of aromatic nitrogens is 1. The molecule has 1 fully saturated rings. The number of thiazole rings is 1. The van der Waals surface area contributed by atoms with Gasteiger partial charge in [0.05, 0.1) is 12.3 Å². The number of nitrogens with one attached hydrogen (secondary N) is 1. The first-order valence-electron chi connectivity index (χ1n) is 6.84. The molecule has 4 nitrogen and oxygen atoms in total. The van der Waals surface area contributed by atoms with Crippen molar-refractivity contribution < 1.29 is 4.74 Å². The van der Waals surface area contributed by atoms with Crippen molar-refractivity contribution in [1.82, 2.24) is 10.3 Å². The predicted molar refractivity (Wildman–Crippen MR) is 84.4 cm³/mol. The fourth-order valence-electron chi connectivity index (χ4n) is 2.05. The summed E-state index contributed by atoms with van der Waals surface area (Å²) in [5.74, 6) is 1.22. The molecule has 1 unspecified atom stereocenters. The highest BCUT2D eigenvalue weighted by atomic mass is 32.2. The van der Waals surface area contributed by atoms with Crippen molar-refractivity contribution in [2.45, 2.75) is 25.1 Å². The molecule has 1 aliphatic rings. The summed E-state index contributed by atoms with van der Waals surface area (Å²) in [4.78, 5) is 7.17. The maximum atomic E-state index is 5.01. The van der Waals surface area contributed by atoms with Crippen LogP contribution in [-0.2, 0) is 11.3 Å². The number of hydrogen-bond acceptors (Lipinski definition) is 6. The highest BCUT2D eigenvalue weighted by Crippen LogP contribution is 2.27. The molecule has 1 atom stereocenters. The molecule has 0 spiro atoms. The van der Waals surface area contributed by atoms with Crippen molar-refractivity contribution in [2.75, 3.05) is 44.0 Å². The molecule has 1 aromatic heterocycles. The van der Waals surface area contributed by atoms with Crippen LogP contribution in [0.1, 0.15) is 19.0 Å². The zero-order chi connectivity index (χ0) is 13.5. The highest BCUT2D eigenvalue weighted by Gasteiger charge is 2.21. The second-order valence-electron chi connectivity index (χ2n) is 4.64. The molecule has 1 saturated heterocycles. The lowest BCUT2D eigenvalue weighted by atomic mass is 10.3. The number of anilines is 1. The summed E-state index contributed by atoms with van der Waals surface area (Å²) >= 11 is 3.86. The zero-order valence-electron chi connectivity index (χ0n) is 11.7. The van der Waals surface area contributed by atoms with Gasteiger partial charge >= 0.3 is 0 Å². The molecular formula is C13H23N3OS2. The van der Waals surface area contributed by atoms with Crippen LogP contribution in [0.3, 0.4) is 0 Å². The molecular weight excluding hydrogens is 278 g/mol. The summed E-state index contributed by atoms with van der Waals surface area (Å²) in [5.41, 5.74) is 1.14. The van der Waals surface area contributed by atoms with Crippen LogP contribution in [0.15, 0.2) is 5.38 Å². The van der Waals surface area contributed by atoms with E-state index < -0.39 is 0 Å². The quantitative estimate of drug-likeness (QED) is 0.782. The van der Waals surface area contributed by atoms with Gasteiger partial charge in [-0.3, -0.25) is 0 Å². The first-order chi connectivity index (χ1) is 9.33. The molecule has 1 aromatic rings. The van der Waals surface area contributed by atoms with E-state index in [-0.39, 0.29) is 0 Å². The molecule has 2 rings (SSSR count). The number of ether oxygens (including phenoxy) is 1. The smallest absolute Gasteiger partial charge is 0.185 e. The standard InChI is InChI=1S/C13H23N3OS2/c1-3-12-9-16(5-7-18-12)13-15-11(10-19-13)8-14-4-6-17-2/h10,12,14H,3-9H2,1-2H3. The molecule has 0 radical (unpaired) electrons. The number of nitrogens with zero attached hydrogens (tertiary/aromatic N) is 2. The Morgan fingerprint density at radius 2 is 2.47 bits per heavy atom. The van der Waals surface area contributed by atoms with Crippen LogP contribution in [0.5, 0.6) is 0 Å². The average Bonchev–Trinajstić information content (AvgIpc) is 2.92. The van der Waals surface area contributed by atoms with Crippen LogP contribution in [0, 0.1) is 0 Å². The lowest BCUT2D eigenvalue weighted by Gasteiger charge is -2.31. The molecule has 1 aliphatic heterocycles. The Morgan fingerprint density at radius 3 is 3.26 bits per heavy atom. The van der Waals surface area contributed by atoms with Gasteiger partial charge in [-0.15, -0.1) is 11.3 Å². The molecule has 0 aromatic carbocycles. The van der Waals surface area contributed by atoms with E-state index in [1.807, 2.05) is 0 Å². The van der Waals surface area contributed by atoms with Gasteiger partial charge in [0, 0.05) is 49.7 Å². The number of methoxy groups -OCH3 is 1.